The second-order valence-corrected chi connectivity index (χ2v) is 10.9. The van der Waals surface area contributed by atoms with Gasteiger partial charge in [0.05, 0.1) is 0 Å². The van der Waals surface area contributed by atoms with Gasteiger partial charge in [-0.25, -0.2) is 9.59 Å². The second kappa shape index (κ2) is 16.7. The Morgan fingerprint density at radius 3 is 1.35 bits per heavy atom. The quantitative estimate of drug-likeness (QED) is 0.234. The number of hydrogen-bond donors (Lipinski definition) is 4. The third kappa shape index (κ3) is 16.6. The summed E-state index contributed by atoms with van der Waals surface area (Å²) < 4.78 is 13.8. The van der Waals surface area contributed by atoms with Crippen molar-refractivity contribution in [3.63, 3.8) is 0 Å². The van der Waals surface area contributed by atoms with E-state index in [4.69, 9.17) is 48.6 Å². The molecule has 0 radical (unpaired) electrons. The maximum atomic E-state index is 11.0. The van der Waals surface area contributed by atoms with Crippen molar-refractivity contribution in [2.45, 2.75) is 64.8 Å². The Bertz CT molecular complexity index is 1080. The van der Waals surface area contributed by atoms with Crippen LogP contribution in [0.2, 0.25) is 10.0 Å². The Morgan fingerprint density at radius 1 is 0.725 bits per heavy atom. The Labute approximate surface area is 243 Å². The summed E-state index contributed by atoms with van der Waals surface area (Å²) in [5, 5.41) is 21.2. The smallest absolute Gasteiger partial charge is 0.480 e. The third-order valence-electron chi connectivity index (χ3n) is 4.18. The molecule has 0 bridgehead atoms. The van der Waals surface area contributed by atoms with Crippen LogP contribution in [0.3, 0.4) is 0 Å². The van der Waals surface area contributed by atoms with E-state index in [1.54, 1.807) is 97.1 Å². The molecule has 2 aromatic rings. The monoisotopic (exact) mass is 602 g/mol. The fourth-order valence-corrected chi connectivity index (χ4v) is 2.76. The number of likely N-dealkylation sites (N-methyl/N-ethyl adjacent to an activating group) is 1. The molecule has 40 heavy (non-hydrogen) atoms. The van der Waals surface area contributed by atoms with Crippen molar-refractivity contribution in [3.05, 3.63) is 69.7 Å². The first-order valence-electron chi connectivity index (χ1n) is 11.8. The summed E-state index contributed by atoms with van der Waals surface area (Å²) in [5.74, 6) is -1.94. The number of nitrogens with two attached hydrogens (primary N) is 1. The summed E-state index contributed by atoms with van der Waals surface area (Å²) in [6.07, 6.45) is -2.12. The van der Waals surface area contributed by atoms with Gasteiger partial charge in [-0.1, -0.05) is 47.5 Å². The van der Waals surface area contributed by atoms with Gasteiger partial charge < -0.3 is 35.5 Å². The Morgan fingerprint density at radius 2 is 1.07 bits per heavy atom. The number of aliphatic carboxylic acids is 2. The lowest BCUT2D eigenvalue weighted by molar-refractivity contribution is -0.140. The van der Waals surface area contributed by atoms with Crippen molar-refractivity contribution in [2.75, 3.05) is 7.05 Å². The van der Waals surface area contributed by atoms with E-state index in [0.717, 1.165) is 0 Å². The number of carboxylic acid groups (broad SMARTS) is 2. The van der Waals surface area contributed by atoms with Gasteiger partial charge in [0.15, 0.2) is 0 Å². The van der Waals surface area contributed by atoms with Crippen LogP contribution in [0.25, 0.3) is 0 Å². The number of rotatable bonds is 5. The van der Waals surface area contributed by atoms with Gasteiger partial charge in [-0.2, -0.15) is 0 Å². The number of carbonyl (C=O) groups is 4. The summed E-state index contributed by atoms with van der Waals surface area (Å²) in [7, 11) is 1.60. The van der Waals surface area contributed by atoms with E-state index < -0.39 is 47.5 Å². The SMILES string of the molecule is CC(C)(C)OC(=O)OC(=O)OC(C)(C)C.CNC(C(=O)O)c1ccc(Cl)cc1.NC(C(=O)O)c1ccc(Cl)cc1. The molecule has 0 aliphatic heterocycles. The molecule has 0 amide bonds. The molecule has 2 rings (SSSR count). The summed E-state index contributed by atoms with van der Waals surface area (Å²) in [6, 6.07) is 11.5. The highest BCUT2D eigenvalue weighted by Gasteiger charge is 2.24. The normalized spacial score (nSPS) is 12.2. The molecule has 11 nitrogen and oxygen atoms in total. The van der Waals surface area contributed by atoms with E-state index >= 15 is 0 Å². The van der Waals surface area contributed by atoms with Crippen LogP contribution >= 0.6 is 23.2 Å². The molecule has 0 aromatic heterocycles. The van der Waals surface area contributed by atoms with Gasteiger partial charge in [-0.15, -0.1) is 0 Å². The minimum absolute atomic E-state index is 0.548. The Balaban J connectivity index is 0.000000573. The molecule has 0 aliphatic carbocycles. The van der Waals surface area contributed by atoms with Crippen molar-refractivity contribution in [1.82, 2.24) is 5.32 Å². The van der Waals surface area contributed by atoms with Gasteiger partial charge in [0.2, 0.25) is 0 Å². The highest BCUT2D eigenvalue weighted by Crippen LogP contribution is 2.17. The molecule has 222 valence electrons. The molecule has 2 aromatic carbocycles. The fourth-order valence-electron chi connectivity index (χ4n) is 2.51. The number of carbonyl (C=O) groups excluding carboxylic acids is 2. The molecule has 0 spiro atoms. The zero-order valence-corrected chi connectivity index (χ0v) is 24.9. The molecule has 5 N–H and O–H groups in total. The second-order valence-electron chi connectivity index (χ2n) is 10.0. The van der Waals surface area contributed by atoms with E-state index in [1.807, 2.05) is 0 Å². The van der Waals surface area contributed by atoms with E-state index in [1.165, 1.54) is 0 Å². The van der Waals surface area contributed by atoms with Gasteiger partial charge in [0.25, 0.3) is 0 Å². The highest BCUT2D eigenvalue weighted by atomic mass is 35.5. The van der Waals surface area contributed by atoms with Crippen LogP contribution in [0.5, 0.6) is 0 Å². The largest absolute Gasteiger partial charge is 0.519 e. The van der Waals surface area contributed by atoms with Crippen molar-refractivity contribution in [1.29, 1.82) is 0 Å². The molecule has 0 heterocycles. The van der Waals surface area contributed by atoms with E-state index in [-0.39, 0.29) is 0 Å². The topological polar surface area (TPSA) is 174 Å². The van der Waals surface area contributed by atoms with Crippen LogP contribution in [-0.2, 0) is 23.8 Å². The summed E-state index contributed by atoms with van der Waals surface area (Å²) in [6.45, 7) is 10.0. The summed E-state index contributed by atoms with van der Waals surface area (Å²) in [5.41, 5.74) is 5.20. The maximum absolute atomic E-state index is 11.0. The first kappa shape index (κ1) is 36.6. The first-order valence-corrected chi connectivity index (χ1v) is 12.5. The van der Waals surface area contributed by atoms with Crippen LogP contribution in [-0.4, -0.2) is 52.7 Å². The van der Waals surface area contributed by atoms with Crippen molar-refractivity contribution >= 4 is 47.5 Å². The molecule has 13 heteroatoms. The lowest BCUT2D eigenvalue weighted by atomic mass is 10.1. The molecular formula is C27H36Cl2N2O9. The molecule has 0 saturated carbocycles. The van der Waals surface area contributed by atoms with E-state index in [2.05, 4.69) is 10.1 Å². The van der Waals surface area contributed by atoms with Crippen LogP contribution in [0.1, 0.15) is 64.8 Å². The minimum atomic E-state index is -1.06. The molecular weight excluding hydrogens is 567 g/mol. The zero-order chi connectivity index (χ0) is 31.3. The van der Waals surface area contributed by atoms with Gasteiger partial charge in [0, 0.05) is 10.0 Å². The van der Waals surface area contributed by atoms with Crippen LogP contribution < -0.4 is 11.1 Å². The Kier molecular flexibility index (Phi) is 15.3. The molecule has 2 unspecified atom stereocenters. The average Bonchev–Trinajstić information content (AvgIpc) is 2.79. The van der Waals surface area contributed by atoms with Crippen molar-refractivity contribution in [3.8, 4) is 0 Å². The zero-order valence-electron chi connectivity index (χ0n) is 23.4. The predicted molar refractivity (Wildman–Crippen MR) is 150 cm³/mol. The van der Waals surface area contributed by atoms with Crippen LogP contribution in [0.15, 0.2) is 48.5 Å². The van der Waals surface area contributed by atoms with Crippen LogP contribution in [0, 0.1) is 0 Å². The number of benzene rings is 2. The average molecular weight is 603 g/mol. The van der Waals surface area contributed by atoms with E-state index in [0.29, 0.717) is 21.2 Å². The number of halogens is 2. The van der Waals surface area contributed by atoms with Crippen molar-refractivity contribution in [2.24, 2.45) is 5.73 Å². The van der Waals surface area contributed by atoms with Gasteiger partial charge in [0.1, 0.15) is 23.3 Å². The third-order valence-corrected chi connectivity index (χ3v) is 4.68. The van der Waals surface area contributed by atoms with Crippen LogP contribution in [0.4, 0.5) is 9.59 Å². The number of hydrogen-bond acceptors (Lipinski definition) is 9. The molecule has 0 aliphatic rings. The van der Waals surface area contributed by atoms with Gasteiger partial charge >= 0.3 is 24.2 Å². The number of nitrogens with one attached hydrogen (secondary N) is 1. The fraction of sp³-hybridized carbons (Fsp3) is 0.407. The standard InChI is InChI=1S/C10H18O5.C9H10ClNO2.C8H8ClNO2/c1-9(2,3)14-7(11)13-8(12)15-10(4,5)6;1-11-8(9(12)13)6-2-4-7(10)5-3-6;9-6-3-1-5(2-4-6)7(10)8(11)12/h1-6H3;2-5,8,11H,1H3,(H,12,13);1-4,7H,10H2,(H,11,12). The maximum Gasteiger partial charge on any atom is 0.519 e. The van der Waals surface area contributed by atoms with E-state index in [9.17, 15) is 19.2 Å². The van der Waals surface area contributed by atoms with Crippen molar-refractivity contribution < 1.29 is 43.6 Å². The number of ether oxygens (including phenoxy) is 3. The summed E-state index contributed by atoms with van der Waals surface area (Å²) >= 11 is 11.3. The van der Waals surface area contributed by atoms with Gasteiger partial charge in [-0.3, -0.25) is 9.59 Å². The molecule has 2 atom stereocenters. The molecule has 0 fully saturated rings. The number of carboxylic acids is 2. The lowest BCUT2D eigenvalue weighted by Crippen LogP contribution is -2.29. The van der Waals surface area contributed by atoms with Gasteiger partial charge in [-0.05, 0) is 84.0 Å². The lowest BCUT2D eigenvalue weighted by Gasteiger charge is -2.20. The highest BCUT2D eigenvalue weighted by molar-refractivity contribution is 6.30. The predicted octanol–water partition coefficient (Wildman–Crippen LogP) is 5.98. The minimum Gasteiger partial charge on any atom is -0.480 e. The first-order chi connectivity index (χ1) is 18.3. The summed E-state index contributed by atoms with van der Waals surface area (Å²) in [4.78, 5) is 43.2. The molecule has 0 saturated heterocycles. The Hall–Kier alpha value is -3.38.